The first-order chi connectivity index (χ1) is 5.95. The summed E-state index contributed by atoms with van der Waals surface area (Å²) in [5.41, 5.74) is 1.66. The number of hydrogen-bond acceptors (Lipinski definition) is 1. The zero-order valence-corrected chi connectivity index (χ0v) is 9.96. The summed E-state index contributed by atoms with van der Waals surface area (Å²) in [5, 5.41) is 0. The van der Waals surface area contributed by atoms with Crippen molar-refractivity contribution in [1.29, 1.82) is 0 Å². The Morgan fingerprint density at radius 1 is 1.31 bits per heavy atom. The van der Waals surface area contributed by atoms with E-state index in [9.17, 15) is 0 Å². The van der Waals surface area contributed by atoms with Crippen LogP contribution in [0, 0.1) is 0 Å². The van der Waals surface area contributed by atoms with Crippen LogP contribution < -0.4 is 0 Å². The van der Waals surface area contributed by atoms with Crippen molar-refractivity contribution in [2.45, 2.75) is 40.0 Å². The van der Waals surface area contributed by atoms with Gasteiger partial charge in [0.25, 0.3) is 0 Å². The van der Waals surface area contributed by atoms with Gasteiger partial charge in [-0.1, -0.05) is 26.8 Å². The summed E-state index contributed by atoms with van der Waals surface area (Å²) in [5.74, 6) is 0. The van der Waals surface area contributed by atoms with E-state index in [2.05, 4.69) is 52.8 Å². The third kappa shape index (κ3) is 2.44. The second-order valence-corrected chi connectivity index (χ2v) is 5.47. The molecule has 0 aliphatic carbocycles. The van der Waals surface area contributed by atoms with E-state index in [0.29, 0.717) is 0 Å². The van der Waals surface area contributed by atoms with Gasteiger partial charge in [-0.05, 0) is 37.0 Å². The van der Waals surface area contributed by atoms with Gasteiger partial charge in [0.1, 0.15) is 0 Å². The summed E-state index contributed by atoms with van der Waals surface area (Å²) < 4.78 is 0. The average molecular weight is 194 g/mol. The Hall–Kier alpha value is -0.560. The van der Waals surface area contributed by atoms with Crippen molar-refractivity contribution in [2.75, 3.05) is 0 Å². The first-order valence-electron chi connectivity index (χ1n) is 4.68. The van der Waals surface area contributed by atoms with Crippen LogP contribution in [0.1, 0.15) is 44.4 Å². The Bertz CT molecular complexity index is 310. The number of hydrogen-bond donors (Lipinski definition) is 0. The van der Waals surface area contributed by atoms with Crippen LogP contribution in [0.3, 0.4) is 0 Å². The zero-order chi connectivity index (χ0) is 10.1. The molecule has 0 unspecified atom stereocenters. The van der Waals surface area contributed by atoms with Gasteiger partial charge in [-0.3, -0.25) is 0 Å². The fourth-order valence-electron chi connectivity index (χ4n) is 1.10. The lowest BCUT2D eigenvalue weighted by Crippen LogP contribution is -2.07. The van der Waals surface area contributed by atoms with Crippen LogP contribution in [0.5, 0.6) is 0 Å². The van der Waals surface area contributed by atoms with Gasteiger partial charge in [0.15, 0.2) is 0 Å². The van der Waals surface area contributed by atoms with Gasteiger partial charge < -0.3 is 0 Å². The number of allylic oxidation sites excluding steroid dienone is 2. The van der Waals surface area contributed by atoms with Crippen LogP contribution in [-0.2, 0) is 5.41 Å². The lowest BCUT2D eigenvalue weighted by Gasteiger charge is -2.15. The molecule has 1 rings (SSSR count). The molecule has 0 aliphatic heterocycles. The summed E-state index contributed by atoms with van der Waals surface area (Å²) in [4.78, 5) is 2.86. The fraction of sp³-hybridized carbons (Fsp3) is 0.500. The van der Waals surface area contributed by atoms with E-state index in [1.165, 1.54) is 15.3 Å². The van der Waals surface area contributed by atoms with Gasteiger partial charge in [0.2, 0.25) is 0 Å². The van der Waals surface area contributed by atoms with Crippen LogP contribution in [0.15, 0.2) is 18.2 Å². The maximum atomic E-state index is 2.26. The Labute approximate surface area is 85.3 Å². The Morgan fingerprint density at radius 2 is 1.92 bits per heavy atom. The fourth-order valence-corrected chi connectivity index (χ4v) is 2.19. The molecule has 1 heterocycles. The van der Waals surface area contributed by atoms with Gasteiger partial charge in [0.05, 0.1) is 0 Å². The normalized spacial score (nSPS) is 13.5. The van der Waals surface area contributed by atoms with E-state index >= 15 is 0 Å². The van der Waals surface area contributed by atoms with E-state index in [0.717, 1.165) is 0 Å². The van der Waals surface area contributed by atoms with Crippen molar-refractivity contribution in [3.8, 4) is 0 Å². The smallest absolute Gasteiger partial charge is 0.0299 e. The molecule has 0 radical (unpaired) electrons. The second-order valence-electron chi connectivity index (χ2n) is 4.39. The molecule has 72 valence electrons. The molecule has 0 bridgehead atoms. The van der Waals surface area contributed by atoms with Gasteiger partial charge >= 0.3 is 0 Å². The Balaban J connectivity index is 3.00. The third-order valence-corrected chi connectivity index (χ3v) is 3.81. The zero-order valence-electron chi connectivity index (χ0n) is 9.14. The molecule has 1 aromatic heterocycles. The number of rotatable bonds is 1. The van der Waals surface area contributed by atoms with Gasteiger partial charge in [-0.25, -0.2) is 0 Å². The molecule has 0 spiro atoms. The van der Waals surface area contributed by atoms with Crippen molar-refractivity contribution in [3.63, 3.8) is 0 Å². The molecular weight excluding hydrogens is 176 g/mol. The summed E-state index contributed by atoms with van der Waals surface area (Å²) in [7, 11) is 0. The molecule has 0 fully saturated rings. The Morgan fingerprint density at radius 3 is 2.31 bits per heavy atom. The van der Waals surface area contributed by atoms with Crippen LogP contribution in [-0.4, -0.2) is 0 Å². The van der Waals surface area contributed by atoms with Gasteiger partial charge in [-0.15, -0.1) is 11.3 Å². The first-order valence-corrected chi connectivity index (χ1v) is 5.50. The van der Waals surface area contributed by atoms with Gasteiger partial charge in [0, 0.05) is 9.75 Å². The highest BCUT2D eigenvalue weighted by molar-refractivity contribution is 7.13. The van der Waals surface area contributed by atoms with E-state index < -0.39 is 0 Å². The molecule has 1 heteroatoms. The topological polar surface area (TPSA) is 0 Å². The SMILES string of the molecule is C/C=C(\C)c1ccc(C(C)(C)C)s1. The van der Waals surface area contributed by atoms with Crippen LogP contribution >= 0.6 is 11.3 Å². The largest absolute Gasteiger partial charge is 0.140 e. The molecule has 0 saturated carbocycles. The highest BCUT2D eigenvalue weighted by Gasteiger charge is 2.15. The van der Waals surface area contributed by atoms with E-state index in [-0.39, 0.29) is 5.41 Å². The van der Waals surface area contributed by atoms with Gasteiger partial charge in [-0.2, -0.15) is 0 Å². The monoisotopic (exact) mass is 194 g/mol. The first kappa shape index (κ1) is 10.5. The summed E-state index contributed by atoms with van der Waals surface area (Å²) in [6.45, 7) is 11.0. The minimum absolute atomic E-state index is 0.289. The van der Waals surface area contributed by atoms with E-state index in [4.69, 9.17) is 0 Å². The van der Waals surface area contributed by atoms with Crippen LogP contribution in [0.2, 0.25) is 0 Å². The molecule has 1 aromatic rings. The quantitative estimate of drug-likeness (QED) is 0.619. The molecule has 0 aliphatic rings. The summed E-state index contributed by atoms with van der Waals surface area (Å²) >= 11 is 1.90. The molecular formula is C12H18S. The minimum Gasteiger partial charge on any atom is -0.140 e. The van der Waals surface area contributed by atoms with E-state index in [1.54, 1.807) is 0 Å². The third-order valence-electron chi connectivity index (χ3n) is 2.17. The summed E-state index contributed by atoms with van der Waals surface area (Å²) in [6, 6.07) is 4.47. The maximum absolute atomic E-state index is 2.26. The Kier molecular flexibility index (Phi) is 2.97. The van der Waals surface area contributed by atoms with Crippen LogP contribution in [0.4, 0.5) is 0 Å². The standard InChI is InChI=1S/C12H18S/c1-6-9(2)10-7-8-11(13-10)12(3,4)5/h6-8H,1-5H3/b9-6+. The number of thiophene rings is 1. The highest BCUT2D eigenvalue weighted by Crippen LogP contribution is 2.32. The lowest BCUT2D eigenvalue weighted by atomic mass is 9.95. The predicted molar refractivity (Wildman–Crippen MR) is 62.3 cm³/mol. The van der Waals surface area contributed by atoms with E-state index in [1.807, 2.05) is 11.3 Å². The van der Waals surface area contributed by atoms with Crippen molar-refractivity contribution in [1.82, 2.24) is 0 Å². The second kappa shape index (κ2) is 3.67. The average Bonchev–Trinajstić information content (AvgIpc) is 2.50. The minimum atomic E-state index is 0.289. The van der Waals surface area contributed by atoms with Crippen molar-refractivity contribution < 1.29 is 0 Å². The highest BCUT2D eigenvalue weighted by atomic mass is 32.1. The molecule has 0 amide bonds. The molecule has 13 heavy (non-hydrogen) atoms. The molecule has 0 saturated heterocycles. The van der Waals surface area contributed by atoms with Crippen molar-refractivity contribution >= 4 is 16.9 Å². The van der Waals surface area contributed by atoms with Crippen molar-refractivity contribution in [2.24, 2.45) is 0 Å². The molecule has 0 aromatic carbocycles. The molecule has 0 atom stereocenters. The molecule has 0 N–H and O–H groups in total. The lowest BCUT2D eigenvalue weighted by molar-refractivity contribution is 0.604. The van der Waals surface area contributed by atoms with Crippen molar-refractivity contribution in [3.05, 3.63) is 28.0 Å². The van der Waals surface area contributed by atoms with Crippen LogP contribution in [0.25, 0.3) is 5.57 Å². The maximum Gasteiger partial charge on any atom is 0.0299 e. The molecule has 0 nitrogen and oxygen atoms in total. The predicted octanol–water partition coefficient (Wildman–Crippen LogP) is 4.47. The summed E-state index contributed by atoms with van der Waals surface area (Å²) in [6.07, 6.45) is 2.16.